The smallest absolute Gasteiger partial charge is 0.285 e. The van der Waals surface area contributed by atoms with Gasteiger partial charge >= 0.3 is 0 Å². The third kappa shape index (κ3) is 3.09. The molecule has 1 N–H and O–H groups in total. The summed E-state index contributed by atoms with van der Waals surface area (Å²) in [4.78, 5) is 39.8. The van der Waals surface area contributed by atoms with E-state index < -0.39 is 5.56 Å². The maximum Gasteiger partial charge on any atom is 0.285 e. The fourth-order valence-corrected chi connectivity index (χ4v) is 4.20. The molecule has 2 aromatic rings. The highest BCUT2D eigenvalue weighted by Crippen LogP contribution is 2.40. The van der Waals surface area contributed by atoms with Crippen molar-refractivity contribution in [1.82, 2.24) is 24.8 Å². The number of amides is 1. The highest BCUT2D eigenvalue weighted by molar-refractivity contribution is 5.93. The van der Waals surface area contributed by atoms with Crippen molar-refractivity contribution in [2.24, 2.45) is 11.3 Å². The van der Waals surface area contributed by atoms with Crippen molar-refractivity contribution in [3.05, 3.63) is 46.4 Å². The summed E-state index contributed by atoms with van der Waals surface area (Å²) >= 11 is 0. The molecule has 2 aliphatic heterocycles. The number of carbonyl (C=O) groups excluding carboxylic acids is 1. The molecule has 1 unspecified atom stereocenters. The number of anilines is 1. The van der Waals surface area contributed by atoms with E-state index in [1.165, 1.54) is 0 Å². The van der Waals surface area contributed by atoms with Gasteiger partial charge in [-0.2, -0.15) is 4.98 Å². The largest absolute Gasteiger partial charge is 0.352 e. The summed E-state index contributed by atoms with van der Waals surface area (Å²) in [5.74, 6) is 1.79. The standard InChI is InChI=1S/C19H22N6O2/c26-16(22-9-13-2-3-13)14-10-25-12-19(8-15(25)23-17(14)27)4-7-24(11-19)18-20-5-1-6-21-18/h1,5-6,10,13H,2-4,7-9,11-12H2,(H,22,26). The summed E-state index contributed by atoms with van der Waals surface area (Å²) < 4.78 is 1.99. The second kappa shape index (κ2) is 6.14. The summed E-state index contributed by atoms with van der Waals surface area (Å²) in [5.41, 5.74) is -0.250. The van der Waals surface area contributed by atoms with Gasteiger partial charge in [-0.05, 0) is 31.2 Å². The first-order valence-corrected chi connectivity index (χ1v) is 9.52. The van der Waals surface area contributed by atoms with Gasteiger partial charge in [0.15, 0.2) is 0 Å². The highest BCUT2D eigenvalue weighted by Gasteiger charge is 2.44. The lowest BCUT2D eigenvalue weighted by Gasteiger charge is -2.22. The molecule has 1 saturated heterocycles. The van der Waals surface area contributed by atoms with E-state index in [-0.39, 0.29) is 16.9 Å². The van der Waals surface area contributed by atoms with Crippen LogP contribution in [0.3, 0.4) is 0 Å². The van der Waals surface area contributed by atoms with Crippen LogP contribution in [0.5, 0.6) is 0 Å². The molecule has 1 spiro atoms. The molecule has 1 saturated carbocycles. The molecule has 3 aliphatic rings. The van der Waals surface area contributed by atoms with E-state index in [9.17, 15) is 9.59 Å². The van der Waals surface area contributed by atoms with E-state index in [0.717, 1.165) is 57.1 Å². The van der Waals surface area contributed by atoms with E-state index in [1.807, 2.05) is 10.6 Å². The minimum absolute atomic E-state index is 0.0226. The fraction of sp³-hybridized carbons (Fsp3) is 0.526. The number of carbonyl (C=O) groups is 1. The molecule has 1 atom stereocenters. The SMILES string of the molecule is O=C(NCC1CC1)c1cn2c(nc1=O)CC1(CCN(c3ncccn3)C1)C2. The van der Waals surface area contributed by atoms with E-state index in [4.69, 9.17) is 0 Å². The van der Waals surface area contributed by atoms with Gasteiger partial charge in [0.1, 0.15) is 11.4 Å². The third-order valence-electron chi connectivity index (χ3n) is 5.88. The second-order valence-corrected chi connectivity index (χ2v) is 8.05. The first-order chi connectivity index (χ1) is 13.1. The second-order valence-electron chi connectivity index (χ2n) is 8.05. The molecule has 2 aromatic heterocycles. The van der Waals surface area contributed by atoms with Gasteiger partial charge in [-0.1, -0.05) is 0 Å². The van der Waals surface area contributed by atoms with Crippen LogP contribution in [0.15, 0.2) is 29.5 Å². The normalized spacial score (nSPS) is 23.6. The molecule has 8 heteroatoms. The van der Waals surface area contributed by atoms with Crippen LogP contribution < -0.4 is 15.8 Å². The summed E-state index contributed by atoms with van der Waals surface area (Å²) in [5, 5.41) is 2.87. The molecule has 27 heavy (non-hydrogen) atoms. The van der Waals surface area contributed by atoms with Crippen LogP contribution in [0, 0.1) is 11.3 Å². The van der Waals surface area contributed by atoms with Gasteiger partial charge in [0.2, 0.25) is 5.95 Å². The topological polar surface area (TPSA) is 93.0 Å². The van der Waals surface area contributed by atoms with Gasteiger partial charge in [-0.15, -0.1) is 0 Å². The highest BCUT2D eigenvalue weighted by atomic mass is 16.2. The number of nitrogens with one attached hydrogen (secondary N) is 1. The van der Waals surface area contributed by atoms with Crippen LogP contribution in [0.2, 0.25) is 0 Å². The lowest BCUT2D eigenvalue weighted by atomic mass is 9.86. The summed E-state index contributed by atoms with van der Waals surface area (Å²) in [6, 6.07) is 1.81. The summed E-state index contributed by atoms with van der Waals surface area (Å²) in [7, 11) is 0. The number of aromatic nitrogens is 4. The molecular formula is C19H22N6O2. The van der Waals surface area contributed by atoms with Crippen molar-refractivity contribution in [1.29, 1.82) is 0 Å². The van der Waals surface area contributed by atoms with Gasteiger partial charge < -0.3 is 14.8 Å². The zero-order valence-corrected chi connectivity index (χ0v) is 15.1. The predicted octanol–water partition coefficient (Wildman–Crippen LogP) is 0.626. The van der Waals surface area contributed by atoms with Crippen LogP contribution in [0.1, 0.15) is 35.4 Å². The molecule has 0 radical (unpaired) electrons. The number of hydrogen-bond donors (Lipinski definition) is 1. The average molecular weight is 366 g/mol. The van der Waals surface area contributed by atoms with Crippen molar-refractivity contribution >= 4 is 11.9 Å². The van der Waals surface area contributed by atoms with Crippen molar-refractivity contribution < 1.29 is 4.79 Å². The Balaban J connectivity index is 1.34. The molecule has 1 aliphatic carbocycles. The molecule has 2 fully saturated rings. The van der Waals surface area contributed by atoms with Crippen LogP contribution in [0.4, 0.5) is 5.95 Å². The number of hydrogen-bond acceptors (Lipinski definition) is 6. The Bertz CT molecular complexity index is 939. The number of nitrogens with zero attached hydrogens (tertiary/aromatic N) is 5. The van der Waals surface area contributed by atoms with E-state index in [1.54, 1.807) is 18.6 Å². The first-order valence-electron chi connectivity index (χ1n) is 9.52. The van der Waals surface area contributed by atoms with Crippen molar-refractivity contribution in [3.8, 4) is 0 Å². The van der Waals surface area contributed by atoms with Gasteiger partial charge in [0.05, 0.1) is 0 Å². The molecule has 0 aromatic carbocycles. The fourth-order valence-electron chi connectivity index (χ4n) is 4.20. The van der Waals surface area contributed by atoms with Gasteiger partial charge in [-0.3, -0.25) is 9.59 Å². The Morgan fingerprint density at radius 3 is 2.85 bits per heavy atom. The average Bonchev–Trinajstić information content (AvgIpc) is 3.33. The van der Waals surface area contributed by atoms with E-state index in [0.29, 0.717) is 12.5 Å². The monoisotopic (exact) mass is 366 g/mol. The molecule has 1 amide bonds. The van der Waals surface area contributed by atoms with Gasteiger partial charge in [0, 0.05) is 56.6 Å². The maximum absolute atomic E-state index is 12.4. The van der Waals surface area contributed by atoms with Crippen molar-refractivity contribution in [3.63, 3.8) is 0 Å². The Kier molecular flexibility index (Phi) is 3.73. The maximum atomic E-state index is 12.4. The van der Waals surface area contributed by atoms with Gasteiger partial charge in [-0.25, -0.2) is 9.97 Å². The summed E-state index contributed by atoms with van der Waals surface area (Å²) in [6.45, 7) is 3.13. The third-order valence-corrected chi connectivity index (χ3v) is 5.88. The molecular weight excluding hydrogens is 344 g/mol. The number of rotatable bonds is 4. The Labute approximate surface area is 156 Å². The summed E-state index contributed by atoms with van der Waals surface area (Å²) in [6.07, 6.45) is 9.26. The zero-order valence-electron chi connectivity index (χ0n) is 15.1. The van der Waals surface area contributed by atoms with Crippen molar-refractivity contribution in [2.45, 2.75) is 32.2 Å². The van der Waals surface area contributed by atoms with Gasteiger partial charge in [0.25, 0.3) is 11.5 Å². The van der Waals surface area contributed by atoms with Crippen molar-refractivity contribution in [2.75, 3.05) is 24.5 Å². The van der Waals surface area contributed by atoms with E-state index >= 15 is 0 Å². The van der Waals surface area contributed by atoms with Crippen LogP contribution in [0.25, 0.3) is 0 Å². The minimum atomic E-state index is -0.423. The minimum Gasteiger partial charge on any atom is -0.352 e. The number of fused-ring (bicyclic) bond motifs is 1. The molecule has 5 rings (SSSR count). The quantitative estimate of drug-likeness (QED) is 0.853. The molecule has 140 valence electrons. The zero-order chi connectivity index (χ0) is 18.4. The first kappa shape index (κ1) is 16.4. The predicted molar refractivity (Wildman–Crippen MR) is 98.6 cm³/mol. The Hall–Kier alpha value is -2.77. The Morgan fingerprint density at radius 2 is 2.07 bits per heavy atom. The van der Waals surface area contributed by atoms with Crippen LogP contribution in [-0.4, -0.2) is 45.1 Å². The lowest BCUT2D eigenvalue weighted by molar-refractivity contribution is 0.0949. The lowest BCUT2D eigenvalue weighted by Crippen LogP contribution is -2.32. The molecule has 4 heterocycles. The van der Waals surface area contributed by atoms with Crippen LogP contribution in [-0.2, 0) is 13.0 Å². The molecule has 0 bridgehead atoms. The molecule has 8 nitrogen and oxygen atoms in total. The van der Waals surface area contributed by atoms with Crippen LogP contribution >= 0.6 is 0 Å². The van der Waals surface area contributed by atoms with E-state index in [2.05, 4.69) is 25.2 Å². The Morgan fingerprint density at radius 1 is 1.26 bits per heavy atom.